The van der Waals surface area contributed by atoms with Gasteiger partial charge in [-0.15, -0.1) is 0 Å². The molecule has 3 aromatic rings. The van der Waals surface area contributed by atoms with E-state index in [2.05, 4.69) is 9.55 Å². The average Bonchev–Trinajstić information content (AvgIpc) is 3.24. The lowest BCUT2D eigenvalue weighted by atomic mass is 10.2. The molecule has 0 unspecified atom stereocenters. The number of ether oxygens (including phenoxy) is 2. The van der Waals surface area contributed by atoms with Crippen molar-refractivity contribution >= 4 is 17.5 Å². The quantitative estimate of drug-likeness (QED) is 0.500. The summed E-state index contributed by atoms with van der Waals surface area (Å²) in [4.78, 5) is 17.0. The third kappa shape index (κ3) is 3.08. The van der Waals surface area contributed by atoms with E-state index in [-0.39, 0.29) is 12.6 Å². The lowest BCUT2D eigenvalue weighted by molar-refractivity contribution is 0.102. The maximum absolute atomic E-state index is 12.7. The second-order valence-electron chi connectivity index (χ2n) is 6.04. The lowest BCUT2D eigenvalue weighted by Crippen LogP contribution is -2.05. The Morgan fingerprint density at radius 1 is 1.15 bits per heavy atom. The zero-order chi connectivity index (χ0) is 18.1. The van der Waals surface area contributed by atoms with Crippen LogP contribution in [0.4, 0.5) is 0 Å². The summed E-state index contributed by atoms with van der Waals surface area (Å²) in [5.74, 6) is 1.94. The largest absolute Gasteiger partial charge is 0.454 e. The molecule has 0 fully saturated rings. The number of rotatable bonds is 5. The minimum Gasteiger partial charge on any atom is -0.454 e. The van der Waals surface area contributed by atoms with Gasteiger partial charge in [-0.05, 0) is 44.2 Å². The van der Waals surface area contributed by atoms with Crippen LogP contribution < -0.4 is 9.47 Å². The van der Waals surface area contributed by atoms with Crippen molar-refractivity contribution in [3.8, 4) is 17.2 Å². The molecule has 0 atom stereocenters. The summed E-state index contributed by atoms with van der Waals surface area (Å²) in [5, 5.41) is 0.852. The van der Waals surface area contributed by atoms with Crippen LogP contribution in [0.2, 0.25) is 0 Å². The molecular weight excluding hydrogens is 348 g/mol. The minimum absolute atomic E-state index is 0.0979. The first-order valence-electron chi connectivity index (χ1n) is 8.29. The number of aryl methyl sites for hydroxylation is 1. The van der Waals surface area contributed by atoms with E-state index < -0.39 is 0 Å². The average molecular weight is 366 g/mol. The topological polar surface area (TPSA) is 53.4 Å². The van der Waals surface area contributed by atoms with Crippen LogP contribution in [0, 0.1) is 13.8 Å². The number of carbonyl (C=O) groups is 1. The predicted octanol–water partition coefficient (Wildman–Crippen LogP) is 4.19. The molecule has 3 heterocycles. The highest BCUT2D eigenvalue weighted by Crippen LogP contribution is 2.35. The van der Waals surface area contributed by atoms with Crippen LogP contribution in [0.5, 0.6) is 11.5 Å². The van der Waals surface area contributed by atoms with Crippen LogP contribution in [0.15, 0.2) is 53.7 Å². The molecule has 6 heteroatoms. The number of ketones is 1. The van der Waals surface area contributed by atoms with Gasteiger partial charge in [-0.3, -0.25) is 4.79 Å². The molecule has 132 valence electrons. The Labute approximate surface area is 156 Å². The second kappa shape index (κ2) is 6.88. The summed E-state index contributed by atoms with van der Waals surface area (Å²) in [5.41, 5.74) is 3.63. The minimum atomic E-state index is 0.0979. The lowest BCUT2D eigenvalue weighted by Gasteiger charge is -2.10. The van der Waals surface area contributed by atoms with Gasteiger partial charge >= 0.3 is 0 Å². The van der Waals surface area contributed by atoms with Crippen molar-refractivity contribution in [3.05, 3.63) is 65.6 Å². The highest BCUT2D eigenvalue weighted by molar-refractivity contribution is 7.99. The summed E-state index contributed by atoms with van der Waals surface area (Å²) in [6, 6.07) is 13.5. The van der Waals surface area contributed by atoms with Gasteiger partial charge in [0.1, 0.15) is 0 Å². The number of carbonyl (C=O) groups excluding carboxylic acids is 1. The number of Topliss-reactive ketones (excluding diaryl/α,β-unsaturated/α-hetero) is 1. The van der Waals surface area contributed by atoms with Gasteiger partial charge in [-0.2, -0.15) is 0 Å². The molecule has 0 amide bonds. The Bertz CT molecular complexity index is 967. The molecule has 0 bridgehead atoms. The van der Waals surface area contributed by atoms with Crippen molar-refractivity contribution < 1.29 is 14.3 Å². The van der Waals surface area contributed by atoms with Crippen LogP contribution in [0.25, 0.3) is 5.69 Å². The first-order chi connectivity index (χ1) is 12.6. The highest BCUT2D eigenvalue weighted by Gasteiger charge is 2.19. The summed E-state index contributed by atoms with van der Waals surface area (Å²) in [7, 11) is 0. The van der Waals surface area contributed by atoms with E-state index in [0.717, 1.165) is 39.2 Å². The zero-order valence-electron chi connectivity index (χ0n) is 14.6. The van der Waals surface area contributed by atoms with E-state index in [1.807, 2.05) is 56.3 Å². The highest BCUT2D eigenvalue weighted by atomic mass is 32.2. The molecule has 5 nitrogen and oxygen atoms in total. The van der Waals surface area contributed by atoms with Gasteiger partial charge in [-0.1, -0.05) is 17.8 Å². The van der Waals surface area contributed by atoms with Crippen LogP contribution in [0.1, 0.15) is 21.7 Å². The van der Waals surface area contributed by atoms with Gasteiger partial charge in [-0.25, -0.2) is 4.98 Å². The molecule has 0 saturated heterocycles. The first kappa shape index (κ1) is 16.7. The van der Waals surface area contributed by atoms with E-state index in [1.54, 1.807) is 6.20 Å². The summed E-state index contributed by atoms with van der Waals surface area (Å²) >= 11 is 1.45. The van der Waals surface area contributed by atoms with Crippen molar-refractivity contribution in [2.75, 3.05) is 12.5 Å². The van der Waals surface area contributed by atoms with Crippen molar-refractivity contribution in [2.24, 2.45) is 0 Å². The monoisotopic (exact) mass is 366 g/mol. The summed E-state index contributed by atoms with van der Waals surface area (Å²) in [6.45, 7) is 4.22. The van der Waals surface area contributed by atoms with Crippen molar-refractivity contribution in [1.82, 2.24) is 9.55 Å². The second-order valence-corrected chi connectivity index (χ2v) is 7.03. The number of fused-ring (bicyclic) bond motifs is 1. The Morgan fingerprint density at radius 3 is 2.81 bits per heavy atom. The molecule has 0 N–H and O–H groups in total. The third-order valence-corrected chi connectivity index (χ3v) is 5.28. The number of hydrogen-bond acceptors (Lipinski definition) is 5. The molecule has 0 aliphatic carbocycles. The zero-order valence-corrected chi connectivity index (χ0v) is 15.4. The van der Waals surface area contributed by atoms with Crippen molar-refractivity contribution in [2.45, 2.75) is 18.9 Å². The fraction of sp³-hybridized carbons (Fsp3) is 0.200. The number of hydrogen-bond donors (Lipinski definition) is 0. The number of thioether (sulfide) groups is 1. The van der Waals surface area contributed by atoms with E-state index in [0.29, 0.717) is 5.75 Å². The van der Waals surface area contributed by atoms with E-state index in [9.17, 15) is 4.79 Å². The van der Waals surface area contributed by atoms with E-state index in [4.69, 9.17) is 9.47 Å². The molecular formula is C20H18N2O3S. The summed E-state index contributed by atoms with van der Waals surface area (Å²) in [6.07, 6.45) is 1.73. The SMILES string of the molecule is Cc1cc(C(=O)CSc2ccccn2)c(C)n1-c1ccc2c(c1)OCO2. The van der Waals surface area contributed by atoms with Crippen LogP contribution in [-0.4, -0.2) is 27.9 Å². The molecule has 1 aliphatic rings. The predicted molar refractivity (Wildman–Crippen MR) is 101 cm³/mol. The summed E-state index contributed by atoms with van der Waals surface area (Å²) < 4.78 is 12.9. The normalized spacial score (nSPS) is 12.4. The third-order valence-electron chi connectivity index (χ3n) is 4.33. The van der Waals surface area contributed by atoms with Crippen molar-refractivity contribution in [3.63, 3.8) is 0 Å². The molecule has 0 radical (unpaired) electrons. The number of benzene rings is 1. The molecule has 1 aromatic carbocycles. The smallest absolute Gasteiger partial charge is 0.231 e. The van der Waals surface area contributed by atoms with Gasteiger partial charge in [0, 0.05) is 34.9 Å². The maximum atomic E-state index is 12.7. The van der Waals surface area contributed by atoms with Gasteiger partial charge in [0.25, 0.3) is 0 Å². The Hall–Kier alpha value is -2.73. The van der Waals surface area contributed by atoms with E-state index in [1.165, 1.54) is 11.8 Å². The van der Waals surface area contributed by atoms with Gasteiger partial charge in [0.05, 0.1) is 10.8 Å². The maximum Gasteiger partial charge on any atom is 0.231 e. The Kier molecular flexibility index (Phi) is 4.42. The number of nitrogens with zero attached hydrogens (tertiary/aromatic N) is 2. The molecule has 0 saturated carbocycles. The van der Waals surface area contributed by atoms with Crippen LogP contribution >= 0.6 is 11.8 Å². The molecule has 26 heavy (non-hydrogen) atoms. The van der Waals surface area contributed by atoms with E-state index >= 15 is 0 Å². The number of pyridine rings is 1. The first-order valence-corrected chi connectivity index (χ1v) is 9.28. The number of aromatic nitrogens is 2. The van der Waals surface area contributed by atoms with Gasteiger partial charge in [0.2, 0.25) is 6.79 Å². The standard InChI is InChI=1S/C20H18N2O3S/c1-13-9-16(17(23)11-26-20-5-3-4-8-21-20)14(2)22(13)15-6-7-18-19(10-15)25-12-24-18/h3-10H,11-12H2,1-2H3. The van der Waals surface area contributed by atoms with Crippen LogP contribution in [-0.2, 0) is 0 Å². The molecule has 2 aromatic heterocycles. The molecule has 1 aliphatic heterocycles. The van der Waals surface area contributed by atoms with Crippen molar-refractivity contribution in [1.29, 1.82) is 0 Å². The Morgan fingerprint density at radius 2 is 2.00 bits per heavy atom. The van der Waals surface area contributed by atoms with Gasteiger partial charge < -0.3 is 14.0 Å². The fourth-order valence-electron chi connectivity index (χ4n) is 3.12. The Balaban J connectivity index is 1.59. The molecule has 0 spiro atoms. The molecule has 4 rings (SSSR count). The van der Waals surface area contributed by atoms with Crippen LogP contribution in [0.3, 0.4) is 0 Å². The fourth-order valence-corrected chi connectivity index (χ4v) is 3.86. The van der Waals surface area contributed by atoms with Gasteiger partial charge in [0.15, 0.2) is 17.3 Å².